The SMILES string of the molecule is COc1ccc(NC(=O)CCc2nc3ccccc3nc2OC)cc1. The minimum absolute atomic E-state index is 0.0952. The van der Waals surface area contributed by atoms with E-state index in [1.54, 1.807) is 38.5 Å². The molecular weight excluding hydrogens is 318 g/mol. The fourth-order valence-corrected chi connectivity index (χ4v) is 2.48. The van der Waals surface area contributed by atoms with Crippen molar-refractivity contribution in [2.24, 2.45) is 0 Å². The highest BCUT2D eigenvalue weighted by atomic mass is 16.5. The van der Waals surface area contributed by atoms with E-state index in [9.17, 15) is 4.79 Å². The molecule has 25 heavy (non-hydrogen) atoms. The number of ether oxygens (including phenoxy) is 2. The molecule has 0 saturated carbocycles. The van der Waals surface area contributed by atoms with Crippen molar-refractivity contribution >= 4 is 22.6 Å². The van der Waals surface area contributed by atoms with E-state index in [0.717, 1.165) is 22.5 Å². The molecule has 0 atom stereocenters. The largest absolute Gasteiger partial charge is 0.497 e. The first-order valence-corrected chi connectivity index (χ1v) is 7.93. The molecule has 1 amide bonds. The molecule has 6 nitrogen and oxygen atoms in total. The van der Waals surface area contributed by atoms with E-state index in [-0.39, 0.29) is 12.3 Å². The Balaban J connectivity index is 1.67. The van der Waals surface area contributed by atoms with Gasteiger partial charge in [-0.1, -0.05) is 12.1 Å². The zero-order chi connectivity index (χ0) is 17.6. The lowest BCUT2D eigenvalue weighted by Gasteiger charge is -2.09. The molecule has 0 aliphatic rings. The number of rotatable bonds is 6. The summed E-state index contributed by atoms with van der Waals surface area (Å²) in [4.78, 5) is 21.2. The summed E-state index contributed by atoms with van der Waals surface area (Å²) >= 11 is 0. The number of hydrogen-bond donors (Lipinski definition) is 1. The van der Waals surface area contributed by atoms with Crippen LogP contribution in [0.1, 0.15) is 12.1 Å². The molecule has 1 N–H and O–H groups in total. The van der Waals surface area contributed by atoms with Crippen LogP contribution in [-0.2, 0) is 11.2 Å². The molecule has 1 heterocycles. The molecule has 2 aromatic carbocycles. The fourth-order valence-electron chi connectivity index (χ4n) is 2.48. The molecule has 0 spiro atoms. The van der Waals surface area contributed by atoms with Gasteiger partial charge in [0.25, 0.3) is 0 Å². The van der Waals surface area contributed by atoms with E-state index in [1.165, 1.54) is 0 Å². The predicted octanol–water partition coefficient (Wildman–Crippen LogP) is 3.22. The lowest BCUT2D eigenvalue weighted by Crippen LogP contribution is -2.13. The quantitative estimate of drug-likeness (QED) is 0.747. The monoisotopic (exact) mass is 337 g/mol. The van der Waals surface area contributed by atoms with Crippen LogP contribution in [0.4, 0.5) is 5.69 Å². The summed E-state index contributed by atoms with van der Waals surface area (Å²) in [5.74, 6) is 1.10. The molecule has 0 bridgehead atoms. The summed E-state index contributed by atoms with van der Waals surface area (Å²) in [5, 5.41) is 2.85. The number of carbonyl (C=O) groups is 1. The summed E-state index contributed by atoms with van der Waals surface area (Å²) < 4.78 is 10.4. The van der Waals surface area contributed by atoms with Crippen molar-refractivity contribution in [3.63, 3.8) is 0 Å². The molecule has 0 aliphatic carbocycles. The van der Waals surface area contributed by atoms with E-state index in [1.807, 2.05) is 24.3 Å². The number of nitrogens with one attached hydrogen (secondary N) is 1. The van der Waals surface area contributed by atoms with Crippen molar-refractivity contribution in [2.75, 3.05) is 19.5 Å². The van der Waals surface area contributed by atoms with Crippen LogP contribution in [0.3, 0.4) is 0 Å². The van der Waals surface area contributed by atoms with Gasteiger partial charge in [0.2, 0.25) is 11.8 Å². The summed E-state index contributed by atoms with van der Waals surface area (Å²) in [7, 11) is 3.16. The minimum atomic E-state index is -0.0952. The van der Waals surface area contributed by atoms with Crippen molar-refractivity contribution < 1.29 is 14.3 Å². The molecule has 0 unspecified atom stereocenters. The number of methoxy groups -OCH3 is 2. The fraction of sp³-hybridized carbons (Fsp3) is 0.211. The van der Waals surface area contributed by atoms with E-state index < -0.39 is 0 Å². The lowest BCUT2D eigenvalue weighted by molar-refractivity contribution is -0.116. The third-order valence-corrected chi connectivity index (χ3v) is 3.76. The lowest BCUT2D eigenvalue weighted by atomic mass is 10.2. The van der Waals surface area contributed by atoms with Gasteiger partial charge in [0.1, 0.15) is 11.4 Å². The topological polar surface area (TPSA) is 73.3 Å². The Morgan fingerprint density at radius 2 is 1.64 bits per heavy atom. The molecule has 3 aromatic rings. The number of carbonyl (C=O) groups excluding carboxylic acids is 1. The maximum absolute atomic E-state index is 12.2. The average Bonchev–Trinajstić information content (AvgIpc) is 2.66. The molecule has 0 saturated heterocycles. The number of hydrogen-bond acceptors (Lipinski definition) is 5. The molecule has 1 aromatic heterocycles. The second-order valence-electron chi connectivity index (χ2n) is 5.44. The highest BCUT2D eigenvalue weighted by Crippen LogP contribution is 2.20. The van der Waals surface area contributed by atoms with Crippen LogP contribution in [0, 0.1) is 0 Å². The second-order valence-corrected chi connectivity index (χ2v) is 5.44. The molecular formula is C19H19N3O3. The van der Waals surface area contributed by atoms with E-state index in [0.29, 0.717) is 18.0 Å². The normalized spacial score (nSPS) is 10.5. The van der Waals surface area contributed by atoms with Gasteiger partial charge in [-0.3, -0.25) is 4.79 Å². The number of fused-ring (bicyclic) bond motifs is 1. The number of benzene rings is 2. The summed E-state index contributed by atoms with van der Waals surface area (Å²) in [5.41, 5.74) is 2.95. The van der Waals surface area contributed by atoms with E-state index in [2.05, 4.69) is 15.3 Å². The number of nitrogens with zero attached hydrogens (tertiary/aromatic N) is 2. The van der Waals surface area contributed by atoms with Crippen LogP contribution in [0.25, 0.3) is 11.0 Å². The molecule has 0 aliphatic heterocycles. The maximum Gasteiger partial charge on any atom is 0.235 e. The van der Waals surface area contributed by atoms with Crippen molar-refractivity contribution in [3.05, 3.63) is 54.2 Å². The average molecular weight is 337 g/mol. The van der Waals surface area contributed by atoms with Gasteiger partial charge in [-0.25, -0.2) is 9.97 Å². The van der Waals surface area contributed by atoms with Gasteiger partial charge in [0.15, 0.2) is 0 Å². The van der Waals surface area contributed by atoms with Gasteiger partial charge in [0, 0.05) is 18.5 Å². The zero-order valence-corrected chi connectivity index (χ0v) is 14.2. The van der Waals surface area contributed by atoms with Crippen LogP contribution < -0.4 is 14.8 Å². The van der Waals surface area contributed by atoms with Crippen LogP contribution in [0.2, 0.25) is 0 Å². The Morgan fingerprint density at radius 3 is 2.28 bits per heavy atom. The highest BCUT2D eigenvalue weighted by Gasteiger charge is 2.11. The molecule has 0 fully saturated rings. The number of para-hydroxylation sites is 2. The standard InChI is InChI=1S/C19H19N3O3/c1-24-14-9-7-13(8-10-14)20-18(23)12-11-17-19(25-2)22-16-6-4-3-5-15(16)21-17/h3-10H,11-12H2,1-2H3,(H,20,23). The first-order valence-electron chi connectivity index (χ1n) is 7.93. The Morgan fingerprint density at radius 1 is 0.960 bits per heavy atom. The zero-order valence-electron chi connectivity index (χ0n) is 14.2. The highest BCUT2D eigenvalue weighted by molar-refractivity contribution is 5.90. The summed E-state index contributed by atoms with van der Waals surface area (Å²) in [6.45, 7) is 0. The van der Waals surface area contributed by atoms with Crippen LogP contribution in [0.15, 0.2) is 48.5 Å². The van der Waals surface area contributed by atoms with Crippen molar-refractivity contribution in [3.8, 4) is 11.6 Å². The van der Waals surface area contributed by atoms with Crippen molar-refractivity contribution in [1.82, 2.24) is 9.97 Å². The van der Waals surface area contributed by atoms with Gasteiger partial charge in [-0.05, 0) is 36.4 Å². The van der Waals surface area contributed by atoms with Crippen LogP contribution in [-0.4, -0.2) is 30.1 Å². The summed E-state index contributed by atoms with van der Waals surface area (Å²) in [6, 6.07) is 14.8. The maximum atomic E-state index is 12.2. The smallest absolute Gasteiger partial charge is 0.235 e. The third kappa shape index (κ3) is 4.03. The number of anilines is 1. The number of aryl methyl sites for hydroxylation is 1. The third-order valence-electron chi connectivity index (χ3n) is 3.76. The van der Waals surface area contributed by atoms with Gasteiger partial charge in [0.05, 0.1) is 25.3 Å². The predicted molar refractivity (Wildman–Crippen MR) is 96.0 cm³/mol. The first kappa shape index (κ1) is 16.7. The van der Waals surface area contributed by atoms with E-state index >= 15 is 0 Å². The van der Waals surface area contributed by atoms with E-state index in [4.69, 9.17) is 9.47 Å². The van der Waals surface area contributed by atoms with Gasteiger partial charge in [-0.15, -0.1) is 0 Å². The summed E-state index contributed by atoms with van der Waals surface area (Å²) in [6.07, 6.45) is 0.735. The van der Waals surface area contributed by atoms with Gasteiger partial charge < -0.3 is 14.8 Å². The second kappa shape index (κ2) is 7.61. The Bertz CT molecular complexity index is 879. The van der Waals surface area contributed by atoms with Crippen molar-refractivity contribution in [1.29, 1.82) is 0 Å². The molecule has 128 valence electrons. The van der Waals surface area contributed by atoms with Gasteiger partial charge in [-0.2, -0.15) is 0 Å². The van der Waals surface area contributed by atoms with Crippen LogP contribution in [0.5, 0.6) is 11.6 Å². The Kier molecular flexibility index (Phi) is 5.09. The number of amides is 1. The molecule has 0 radical (unpaired) electrons. The Labute approximate surface area is 145 Å². The minimum Gasteiger partial charge on any atom is -0.497 e. The molecule has 3 rings (SSSR count). The molecule has 6 heteroatoms. The van der Waals surface area contributed by atoms with Crippen molar-refractivity contribution in [2.45, 2.75) is 12.8 Å². The first-order chi connectivity index (χ1) is 12.2. The van der Waals surface area contributed by atoms with Crippen LogP contribution >= 0.6 is 0 Å². The Hall–Kier alpha value is -3.15. The number of aromatic nitrogens is 2. The van der Waals surface area contributed by atoms with Gasteiger partial charge >= 0.3 is 0 Å².